The van der Waals surface area contributed by atoms with Crippen LogP contribution in [0.2, 0.25) is 0 Å². The van der Waals surface area contributed by atoms with Crippen LogP contribution in [-0.4, -0.2) is 36.3 Å². The van der Waals surface area contributed by atoms with E-state index in [0.29, 0.717) is 0 Å². The lowest BCUT2D eigenvalue weighted by Gasteiger charge is -2.25. The zero-order valence-electron chi connectivity index (χ0n) is 9.33. The van der Waals surface area contributed by atoms with Crippen molar-refractivity contribution in [3.63, 3.8) is 0 Å². The van der Waals surface area contributed by atoms with E-state index in [1.807, 2.05) is 24.3 Å². The molecule has 5 heteroatoms. The van der Waals surface area contributed by atoms with E-state index >= 15 is 0 Å². The van der Waals surface area contributed by atoms with Gasteiger partial charge in [-0.05, 0) is 6.07 Å². The van der Waals surface area contributed by atoms with Crippen molar-refractivity contribution >= 4 is 23.8 Å². The predicted octanol–water partition coefficient (Wildman–Crippen LogP) is 0.925. The smallest absolute Gasteiger partial charge is 0.305 e. The fraction of sp³-hybridized carbons (Fsp3) is 0.250. The first kappa shape index (κ1) is 11.3. The van der Waals surface area contributed by atoms with Crippen molar-refractivity contribution in [1.82, 2.24) is 0 Å². The third-order valence-electron chi connectivity index (χ3n) is 2.77. The predicted molar refractivity (Wildman–Crippen MR) is 63.5 cm³/mol. The molecule has 0 spiro atoms. The number of benzodiazepines with no additional fused rings is 1. The molecule has 1 unspecified atom stereocenters. The van der Waals surface area contributed by atoms with Gasteiger partial charge in [0, 0.05) is 24.5 Å². The Morgan fingerprint density at radius 2 is 2.18 bits per heavy atom. The first-order valence-corrected chi connectivity index (χ1v) is 5.21. The molecule has 0 fully saturated rings. The highest BCUT2D eigenvalue weighted by Crippen LogP contribution is 2.23. The second-order valence-corrected chi connectivity index (χ2v) is 3.88. The summed E-state index contributed by atoms with van der Waals surface area (Å²) in [5.74, 6) is -1.43. The van der Waals surface area contributed by atoms with Crippen LogP contribution in [0.5, 0.6) is 0 Å². The van der Waals surface area contributed by atoms with E-state index < -0.39 is 17.9 Å². The molecule has 1 amide bonds. The summed E-state index contributed by atoms with van der Waals surface area (Å²) >= 11 is 0. The molecule has 1 atom stereocenters. The van der Waals surface area contributed by atoms with Gasteiger partial charge in [-0.25, -0.2) is 4.99 Å². The Labute approximate surface area is 98.4 Å². The number of anilines is 1. The average molecular weight is 232 g/mol. The van der Waals surface area contributed by atoms with Crippen molar-refractivity contribution in [2.45, 2.75) is 12.5 Å². The van der Waals surface area contributed by atoms with E-state index in [4.69, 9.17) is 5.11 Å². The van der Waals surface area contributed by atoms with Gasteiger partial charge in [0.15, 0.2) is 0 Å². The van der Waals surface area contributed by atoms with Crippen LogP contribution in [0.25, 0.3) is 0 Å². The molecule has 0 radical (unpaired) electrons. The maximum Gasteiger partial charge on any atom is 0.305 e. The quantitative estimate of drug-likeness (QED) is 0.823. The number of benzene rings is 1. The molecular weight excluding hydrogens is 220 g/mol. The van der Waals surface area contributed by atoms with E-state index in [-0.39, 0.29) is 6.42 Å². The molecule has 1 aromatic rings. The number of aliphatic imine (C=N–C) groups is 1. The number of carboxylic acid groups (broad SMARTS) is 1. The summed E-state index contributed by atoms with van der Waals surface area (Å²) in [4.78, 5) is 27.9. The molecule has 2 rings (SSSR count). The summed E-state index contributed by atoms with van der Waals surface area (Å²) in [5.41, 5.74) is 1.63. The Morgan fingerprint density at radius 3 is 2.88 bits per heavy atom. The second kappa shape index (κ2) is 4.37. The Hall–Kier alpha value is -2.17. The number of rotatable bonds is 2. The zero-order chi connectivity index (χ0) is 12.4. The van der Waals surface area contributed by atoms with Gasteiger partial charge in [0.25, 0.3) is 5.91 Å². The highest BCUT2D eigenvalue weighted by molar-refractivity contribution is 6.02. The van der Waals surface area contributed by atoms with Gasteiger partial charge in [0.2, 0.25) is 0 Å². The lowest BCUT2D eigenvalue weighted by Crippen LogP contribution is -2.39. The Kier molecular flexibility index (Phi) is 2.91. The number of aliphatic carboxylic acids is 1. The highest BCUT2D eigenvalue weighted by Gasteiger charge is 2.28. The second-order valence-electron chi connectivity index (χ2n) is 3.88. The van der Waals surface area contributed by atoms with E-state index in [9.17, 15) is 9.59 Å². The number of fused-ring (bicyclic) bond motifs is 1. The number of carboxylic acids is 1. The minimum absolute atomic E-state index is 0.249. The summed E-state index contributed by atoms with van der Waals surface area (Å²) < 4.78 is 0. The molecular formula is C12H12N2O3. The third-order valence-corrected chi connectivity index (χ3v) is 2.77. The summed E-state index contributed by atoms with van der Waals surface area (Å²) in [6, 6.07) is 6.63. The molecule has 17 heavy (non-hydrogen) atoms. The highest BCUT2D eigenvalue weighted by atomic mass is 16.4. The van der Waals surface area contributed by atoms with Crippen LogP contribution in [-0.2, 0) is 9.59 Å². The number of carbonyl (C=O) groups excluding carboxylic acids is 1. The van der Waals surface area contributed by atoms with Gasteiger partial charge in [0.1, 0.15) is 6.04 Å². The molecule has 88 valence electrons. The molecule has 0 bridgehead atoms. The zero-order valence-corrected chi connectivity index (χ0v) is 9.33. The Morgan fingerprint density at radius 1 is 1.47 bits per heavy atom. The molecule has 5 nitrogen and oxygen atoms in total. The first-order valence-electron chi connectivity index (χ1n) is 5.21. The summed E-state index contributed by atoms with van der Waals surface area (Å²) in [6.45, 7) is 0. The molecule has 0 saturated heterocycles. The number of nitrogens with zero attached hydrogens (tertiary/aromatic N) is 2. The van der Waals surface area contributed by atoms with Crippen LogP contribution in [0.4, 0.5) is 5.69 Å². The van der Waals surface area contributed by atoms with E-state index in [2.05, 4.69) is 4.99 Å². The topological polar surface area (TPSA) is 70.0 Å². The van der Waals surface area contributed by atoms with Crippen LogP contribution in [0.1, 0.15) is 12.0 Å². The number of hydrogen-bond acceptors (Lipinski definition) is 3. The van der Waals surface area contributed by atoms with Crippen molar-refractivity contribution in [3.8, 4) is 0 Å². The normalized spacial score (nSPS) is 18.8. The minimum Gasteiger partial charge on any atom is -0.481 e. The number of hydrogen-bond donors (Lipinski definition) is 1. The Balaban J connectivity index is 2.42. The van der Waals surface area contributed by atoms with Crippen LogP contribution >= 0.6 is 0 Å². The molecule has 0 saturated carbocycles. The largest absolute Gasteiger partial charge is 0.481 e. The van der Waals surface area contributed by atoms with Crippen molar-refractivity contribution in [2.24, 2.45) is 4.99 Å². The summed E-state index contributed by atoms with van der Waals surface area (Å²) in [6.07, 6.45) is 1.23. The molecule has 1 aliphatic heterocycles. The maximum atomic E-state index is 11.7. The van der Waals surface area contributed by atoms with Crippen LogP contribution in [0.3, 0.4) is 0 Å². The van der Waals surface area contributed by atoms with Gasteiger partial charge < -0.3 is 10.0 Å². The van der Waals surface area contributed by atoms with E-state index in [1.54, 1.807) is 11.9 Å². The van der Waals surface area contributed by atoms with Gasteiger partial charge >= 0.3 is 5.97 Å². The maximum absolute atomic E-state index is 11.7. The van der Waals surface area contributed by atoms with Crippen molar-refractivity contribution in [1.29, 1.82) is 0 Å². The van der Waals surface area contributed by atoms with Crippen molar-refractivity contribution in [2.75, 3.05) is 11.9 Å². The van der Waals surface area contributed by atoms with Gasteiger partial charge in [-0.15, -0.1) is 0 Å². The minimum atomic E-state index is -1.01. The van der Waals surface area contributed by atoms with Crippen LogP contribution in [0, 0.1) is 0 Å². The Bertz CT molecular complexity index is 496. The molecule has 1 N–H and O–H groups in total. The van der Waals surface area contributed by atoms with Gasteiger partial charge in [-0.3, -0.25) is 9.59 Å². The fourth-order valence-corrected chi connectivity index (χ4v) is 1.86. The van der Waals surface area contributed by atoms with Crippen molar-refractivity contribution < 1.29 is 14.7 Å². The van der Waals surface area contributed by atoms with Gasteiger partial charge in [0.05, 0.1) is 6.42 Å². The lowest BCUT2D eigenvalue weighted by atomic mass is 10.1. The average Bonchev–Trinajstić information content (AvgIpc) is 2.42. The van der Waals surface area contributed by atoms with E-state index in [0.717, 1.165) is 11.3 Å². The number of likely N-dealkylation sites (N-methyl/N-ethyl adjacent to an activating group) is 1. The van der Waals surface area contributed by atoms with Crippen molar-refractivity contribution in [3.05, 3.63) is 29.8 Å². The number of para-hydroxylation sites is 1. The standard InChI is InChI=1S/C12H12N2O3/c1-14-9-5-3-2-4-8(9)7-13-12(17)10(14)6-11(15)16/h2-5,7,10H,6H2,1H3,(H,15,16). The fourth-order valence-electron chi connectivity index (χ4n) is 1.86. The molecule has 1 aromatic carbocycles. The lowest BCUT2D eigenvalue weighted by molar-refractivity contribution is -0.139. The first-order chi connectivity index (χ1) is 8.09. The molecule has 1 heterocycles. The number of carbonyl (C=O) groups is 2. The summed E-state index contributed by atoms with van der Waals surface area (Å²) in [7, 11) is 1.71. The molecule has 1 aliphatic rings. The van der Waals surface area contributed by atoms with Crippen LogP contribution in [0.15, 0.2) is 29.3 Å². The van der Waals surface area contributed by atoms with Crippen LogP contribution < -0.4 is 4.90 Å². The third kappa shape index (κ3) is 2.18. The number of amides is 1. The SMILES string of the molecule is CN1c2ccccc2C=NC(=O)C1CC(=O)O. The molecule has 0 aliphatic carbocycles. The molecule has 0 aromatic heterocycles. The van der Waals surface area contributed by atoms with Gasteiger partial charge in [-0.1, -0.05) is 18.2 Å². The monoisotopic (exact) mass is 232 g/mol. The van der Waals surface area contributed by atoms with Gasteiger partial charge in [-0.2, -0.15) is 0 Å². The summed E-state index contributed by atoms with van der Waals surface area (Å²) in [5, 5.41) is 8.81. The van der Waals surface area contributed by atoms with E-state index in [1.165, 1.54) is 6.21 Å².